The van der Waals surface area contributed by atoms with Gasteiger partial charge in [-0.2, -0.15) is 0 Å². The molecule has 86 valence electrons. The Balaban J connectivity index is 1.98. The van der Waals surface area contributed by atoms with Crippen molar-refractivity contribution in [2.45, 2.75) is 38.5 Å². The Kier molecular flexibility index (Phi) is 2.39. The van der Waals surface area contributed by atoms with Crippen LogP contribution in [0.1, 0.15) is 42.7 Å². The van der Waals surface area contributed by atoms with E-state index in [0.29, 0.717) is 11.7 Å². The second kappa shape index (κ2) is 3.66. The normalized spacial score (nSPS) is 32.2. The Morgan fingerprint density at radius 1 is 1.25 bits per heavy atom. The fraction of sp³-hybridized carbons (Fsp3) is 0.571. The van der Waals surface area contributed by atoms with Crippen LogP contribution in [0.15, 0.2) is 12.1 Å². The highest BCUT2D eigenvalue weighted by atomic mass is 35.5. The van der Waals surface area contributed by atoms with Crippen LogP contribution < -0.4 is 0 Å². The zero-order chi connectivity index (χ0) is 11.3. The summed E-state index contributed by atoms with van der Waals surface area (Å²) in [5.41, 5.74) is 2.21. The second-order valence-corrected chi connectivity index (χ2v) is 5.85. The molecule has 1 aromatic rings. The van der Waals surface area contributed by atoms with Gasteiger partial charge in [0, 0.05) is 5.02 Å². The van der Waals surface area contributed by atoms with Crippen LogP contribution in [0.25, 0.3) is 0 Å². The van der Waals surface area contributed by atoms with E-state index in [9.17, 15) is 5.11 Å². The van der Waals surface area contributed by atoms with E-state index in [0.717, 1.165) is 22.4 Å². The van der Waals surface area contributed by atoms with Gasteiger partial charge < -0.3 is 5.11 Å². The number of phenolic OH excluding ortho intramolecular Hbond substituents is 1. The summed E-state index contributed by atoms with van der Waals surface area (Å²) in [7, 11) is 0. The third kappa shape index (κ3) is 1.53. The van der Waals surface area contributed by atoms with Crippen LogP contribution in [0, 0.1) is 18.8 Å². The number of hydrogen-bond acceptors (Lipinski definition) is 1. The van der Waals surface area contributed by atoms with E-state index in [2.05, 4.69) is 6.07 Å². The maximum atomic E-state index is 9.61. The highest BCUT2D eigenvalue weighted by molar-refractivity contribution is 6.31. The van der Waals surface area contributed by atoms with Crippen molar-refractivity contribution in [1.82, 2.24) is 0 Å². The molecule has 2 heteroatoms. The number of hydrogen-bond donors (Lipinski definition) is 1. The predicted octanol–water partition coefficient (Wildman–Crippen LogP) is 4.26. The molecule has 2 aliphatic rings. The number of aromatic hydroxyl groups is 1. The lowest BCUT2D eigenvalue weighted by molar-refractivity contribution is 0.418. The number of phenols is 1. The molecule has 2 bridgehead atoms. The van der Waals surface area contributed by atoms with Crippen LogP contribution >= 0.6 is 11.6 Å². The van der Waals surface area contributed by atoms with Crippen LogP contribution in [0.4, 0.5) is 0 Å². The van der Waals surface area contributed by atoms with Gasteiger partial charge in [0.2, 0.25) is 0 Å². The van der Waals surface area contributed by atoms with E-state index >= 15 is 0 Å². The third-order valence-electron chi connectivity index (χ3n) is 4.45. The van der Waals surface area contributed by atoms with Gasteiger partial charge in [0.15, 0.2) is 0 Å². The lowest BCUT2D eigenvalue weighted by atomic mass is 9.83. The van der Waals surface area contributed by atoms with Crippen molar-refractivity contribution in [3.63, 3.8) is 0 Å². The lowest BCUT2D eigenvalue weighted by Gasteiger charge is -2.23. The van der Waals surface area contributed by atoms with E-state index in [1.165, 1.54) is 31.2 Å². The van der Waals surface area contributed by atoms with Crippen molar-refractivity contribution < 1.29 is 5.11 Å². The molecular weight excluding hydrogens is 220 g/mol. The summed E-state index contributed by atoms with van der Waals surface area (Å²) < 4.78 is 0. The molecule has 1 N–H and O–H groups in total. The molecule has 2 aliphatic carbocycles. The number of halogens is 1. The van der Waals surface area contributed by atoms with E-state index < -0.39 is 0 Å². The van der Waals surface area contributed by atoms with Gasteiger partial charge >= 0.3 is 0 Å². The number of fused-ring (bicyclic) bond motifs is 2. The zero-order valence-corrected chi connectivity index (χ0v) is 10.3. The number of aryl methyl sites for hydroxylation is 1. The van der Waals surface area contributed by atoms with Gasteiger partial charge in [-0.05, 0) is 61.1 Å². The summed E-state index contributed by atoms with van der Waals surface area (Å²) in [5.74, 6) is 2.73. The van der Waals surface area contributed by atoms with Crippen LogP contribution in [0.2, 0.25) is 5.02 Å². The first-order chi connectivity index (χ1) is 7.65. The molecule has 16 heavy (non-hydrogen) atoms. The average molecular weight is 237 g/mol. The molecule has 0 aromatic heterocycles. The first kappa shape index (κ1) is 10.5. The highest BCUT2D eigenvalue weighted by Crippen LogP contribution is 2.54. The van der Waals surface area contributed by atoms with Gasteiger partial charge in [0.05, 0.1) is 0 Å². The minimum absolute atomic E-state index is 0.317. The molecule has 0 spiro atoms. The lowest BCUT2D eigenvalue weighted by Crippen LogP contribution is -2.09. The molecule has 0 amide bonds. The average Bonchev–Trinajstić information content (AvgIpc) is 2.84. The fourth-order valence-electron chi connectivity index (χ4n) is 3.60. The molecule has 3 rings (SSSR count). The molecule has 3 unspecified atom stereocenters. The molecule has 1 nitrogen and oxygen atoms in total. The van der Waals surface area contributed by atoms with Gasteiger partial charge in [-0.15, -0.1) is 0 Å². The summed E-state index contributed by atoms with van der Waals surface area (Å²) in [6.45, 7) is 1.95. The van der Waals surface area contributed by atoms with Crippen LogP contribution in [0.3, 0.4) is 0 Å². The number of benzene rings is 1. The summed E-state index contributed by atoms with van der Waals surface area (Å²) >= 11 is 6.26. The van der Waals surface area contributed by atoms with Crippen molar-refractivity contribution in [3.8, 4) is 5.75 Å². The monoisotopic (exact) mass is 236 g/mol. The number of rotatable bonds is 1. The molecular formula is C14H17ClO. The Hall–Kier alpha value is -0.690. The molecule has 2 fully saturated rings. The van der Waals surface area contributed by atoms with Gasteiger partial charge in [-0.3, -0.25) is 0 Å². The predicted molar refractivity (Wildman–Crippen MR) is 66.0 cm³/mol. The van der Waals surface area contributed by atoms with E-state index in [4.69, 9.17) is 11.6 Å². The van der Waals surface area contributed by atoms with Crippen molar-refractivity contribution in [2.75, 3.05) is 0 Å². The van der Waals surface area contributed by atoms with Crippen molar-refractivity contribution >= 4 is 11.6 Å². The SMILES string of the molecule is Cc1cc(C2CC3CCC2C3)c(Cl)cc1O. The minimum Gasteiger partial charge on any atom is -0.508 e. The molecule has 0 saturated heterocycles. The summed E-state index contributed by atoms with van der Waals surface area (Å²) in [6.07, 6.45) is 5.47. The third-order valence-corrected chi connectivity index (χ3v) is 4.78. The standard InChI is InChI=1S/C14H17ClO/c1-8-4-12(13(15)7-14(8)16)11-6-9-2-3-10(11)5-9/h4,7,9-11,16H,2-3,5-6H2,1H3. The second-order valence-electron chi connectivity index (χ2n) is 5.44. The van der Waals surface area contributed by atoms with Crippen molar-refractivity contribution in [2.24, 2.45) is 11.8 Å². The summed E-state index contributed by atoms with van der Waals surface area (Å²) in [6, 6.07) is 3.79. The molecule has 0 heterocycles. The molecule has 2 saturated carbocycles. The van der Waals surface area contributed by atoms with E-state index in [1.807, 2.05) is 6.92 Å². The van der Waals surface area contributed by atoms with E-state index in [-0.39, 0.29) is 0 Å². The largest absolute Gasteiger partial charge is 0.508 e. The van der Waals surface area contributed by atoms with E-state index in [1.54, 1.807) is 6.07 Å². The Bertz CT molecular complexity index is 427. The van der Waals surface area contributed by atoms with Crippen molar-refractivity contribution in [3.05, 3.63) is 28.3 Å². The topological polar surface area (TPSA) is 20.2 Å². The van der Waals surface area contributed by atoms with Crippen LogP contribution in [0.5, 0.6) is 5.75 Å². The van der Waals surface area contributed by atoms with Gasteiger partial charge in [-0.25, -0.2) is 0 Å². The first-order valence-electron chi connectivity index (χ1n) is 6.14. The first-order valence-corrected chi connectivity index (χ1v) is 6.52. The van der Waals surface area contributed by atoms with Gasteiger partial charge in [0.1, 0.15) is 5.75 Å². The Labute approximate surface area is 101 Å². The smallest absolute Gasteiger partial charge is 0.119 e. The maximum absolute atomic E-state index is 9.61. The highest BCUT2D eigenvalue weighted by Gasteiger charge is 2.40. The van der Waals surface area contributed by atoms with Crippen LogP contribution in [-0.4, -0.2) is 5.11 Å². The summed E-state index contributed by atoms with van der Waals surface area (Å²) in [5, 5.41) is 10.4. The molecule has 0 radical (unpaired) electrons. The van der Waals surface area contributed by atoms with Crippen LogP contribution in [-0.2, 0) is 0 Å². The molecule has 1 aromatic carbocycles. The van der Waals surface area contributed by atoms with Gasteiger partial charge in [0.25, 0.3) is 0 Å². The summed E-state index contributed by atoms with van der Waals surface area (Å²) in [4.78, 5) is 0. The maximum Gasteiger partial charge on any atom is 0.119 e. The molecule has 0 aliphatic heterocycles. The minimum atomic E-state index is 0.317. The Morgan fingerprint density at radius 2 is 2.06 bits per heavy atom. The quantitative estimate of drug-likeness (QED) is 0.773. The Morgan fingerprint density at radius 3 is 2.69 bits per heavy atom. The van der Waals surface area contributed by atoms with Crippen molar-refractivity contribution in [1.29, 1.82) is 0 Å². The molecule has 3 atom stereocenters. The zero-order valence-electron chi connectivity index (χ0n) is 9.54. The fourth-order valence-corrected chi connectivity index (χ4v) is 3.90. The van der Waals surface area contributed by atoms with Gasteiger partial charge in [-0.1, -0.05) is 24.1 Å².